The van der Waals surface area contributed by atoms with Gasteiger partial charge in [0.1, 0.15) is 18.5 Å². The Morgan fingerprint density at radius 2 is 2.29 bits per heavy atom. The predicted octanol–water partition coefficient (Wildman–Crippen LogP) is 1.69. The zero-order valence-corrected chi connectivity index (χ0v) is 9.95. The number of hydrogen-bond acceptors (Lipinski definition) is 3. The number of nitrogens with one attached hydrogen (secondary N) is 1. The average molecular weight is 233 g/mol. The summed E-state index contributed by atoms with van der Waals surface area (Å²) in [7, 11) is 0. The quantitative estimate of drug-likeness (QED) is 0.808. The molecule has 1 amide bonds. The second-order valence-corrected chi connectivity index (χ2v) is 5.02. The number of fused-ring (bicyclic) bond motifs is 1. The molecule has 1 fully saturated rings. The van der Waals surface area contributed by atoms with Crippen molar-refractivity contribution < 1.29 is 14.3 Å². The van der Waals surface area contributed by atoms with Gasteiger partial charge in [-0.15, -0.1) is 0 Å². The molecule has 1 aromatic carbocycles. The number of ether oxygens (including phenoxy) is 2. The standard InChI is InChI=1S/C13H15NO3/c1-13(2)11-9(14-12(13)15)4-3-5-10(11)17-7-8-6-16-8/h3-5,8H,6-7H2,1-2H3,(H,14,15). The van der Waals surface area contributed by atoms with Crippen LogP contribution in [0, 0.1) is 0 Å². The highest BCUT2D eigenvalue weighted by molar-refractivity contribution is 6.06. The van der Waals surface area contributed by atoms with Gasteiger partial charge >= 0.3 is 0 Å². The van der Waals surface area contributed by atoms with Crippen LogP contribution in [-0.4, -0.2) is 25.2 Å². The minimum absolute atomic E-state index is 0.0196. The summed E-state index contributed by atoms with van der Waals surface area (Å²) in [6.45, 7) is 5.15. The summed E-state index contributed by atoms with van der Waals surface area (Å²) in [4.78, 5) is 11.9. The summed E-state index contributed by atoms with van der Waals surface area (Å²) in [6.07, 6.45) is 0.221. The van der Waals surface area contributed by atoms with Crippen LogP contribution in [0.25, 0.3) is 0 Å². The van der Waals surface area contributed by atoms with Gasteiger partial charge in [0.2, 0.25) is 5.91 Å². The molecule has 1 N–H and O–H groups in total. The molecule has 1 saturated heterocycles. The zero-order chi connectivity index (χ0) is 12.0. The Kier molecular flexibility index (Phi) is 2.16. The van der Waals surface area contributed by atoms with E-state index in [-0.39, 0.29) is 12.0 Å². The van der Waals surface area contributed by atoms with Gasteiger partial charge in [-0.05, 0) is 26.0 Å². The van der Waals surface area contributed by atoms with E-state index in [1.807, 2.05) is 32.0 Å². The average Bonchev–Trinajstić information content (AvgIpc) is 3.06. The van der Waals surface area contributed by atoms with Crippen molar-refractivity contribution >= 4 is 11.6 Å². The van der Waals surface area contributed by atoms with Crippen LogP contribution in [-0.2, 0) is 14.9 Å². The van der Waals surface area contributed by atoms with Crippen LogP contribution in [0.4, 0.5) is 5.69 Å². The van der Waals surface area contributed by atoms with Crippen molar-refractivity contribution in [1.82, 2.24) is 0 Å². The van der Waals surface area contributed by atoms with E-state index in [4.69, 9.17) is 9.47 Å². The molecule has 2 heterocycles. The summed E-state index contributed by atoms with van der Waals surface area (Å²) in [5, 5.41) is 2.88. The number of carbonyl (C=O) groups excluding carboxylic acids is 1. The van der Waals surface area contributed by atoms with Crippen molar-refractivity contribution in [2.45, 2.75) is 25.4 Å². The van der Waals surface area contributed by atoms with Crippen molar-refractivity contribution in [3.8, 4) is 5.75 Å². The Labute approximate surface area is 99.9 Å². The largest absolute Gasteiger partial charge is 0.490 e. The smallest absolute Gasteiger partial charge is 0.234 e. The molecule has 3 rings (SSSR count). The SMILES string of the molecule is CC1(C)C(=O)Nc2cccc(OCC3CO3)c21. The van der Waals surface area contributed by atoms with Crippen molar-refractivity contribution in [2.75, 3.05) is 18.5 Å². The first-order chi connectivity index (χ1) is 8.09. The van der Waals surface area contributed by atoms with Crippen LogP contribution in [0.1, 0.15) is 19.4 Å². The minimum atomic E-state index is -0.531. The fraction of sp³-hybridized carbons (Fsp3) is 0.462. The molecule has 17 heavy (non-hydrogen) atoms. The summed E-state index contributed by atoms with van der Waals surface area (Å²) >= 11 is 0. The normalized spacial score (nSPS) is 24.1. The van der Waals surface area contributed by atoms with Gasteiger partial charge in [-0.1, -0.05) is 6.07 Å². The first-order valence-electron chi connectivity index (χ1n) is 5.78. The summed E-state index contributed by atoms with van der Waals surface area (Å²) in [6, 6.07) is 5.70. The van der Waals surface area contributed by atoms with Gasteiger partial charge in [0.25, 0.3) is 0 Å². The third kappa shape index (κ3) is 1.69. The van der Waals surface area contributed by atoms with E-state index < -0.39 is 5.41 Å². The lowest BCUT2D eigenvalue weighted by atomic mass is 9.85. The van der Waals surface area contributed by atoms with Crippen LogP contribution < -0.4 is 10.1 Å². The molecular weight excluding hydrogens is 218 g/mol. The number of benzene rings is 1. The van der Waals surface area contributed by atoms with Gasteiger partial charge < -0.3 is 14.8 Å². The highest BCUT2D eigenvalue weighted by atomic mass is 16.6. The van der Waals surface area contributed by atoms with Crippen LogP contribution in [0.2, 0.25) is 0 Å². The topological polar surface area (TPSA) is 50.9 Å². The molecule has 90 valence electrons. The van der Waals surface area contributed by atoms with Gasteiger partial charge in [0, 0.05) is 11.3 Å². The number of rotatable bonds is 3. The van der Waals surface area contributed by atoms with Crippen LogP contribution in [0.3, 0.4) is 0 Å². The monoisotopic (exact) mass is 233 g/mol. The maximum atomic E-state index is 11.9. The van der Waals surface area contributed by atoms with Crippen molar-refractivity contribution in [3.05, 3.63) is 23.8 Å². The Morgan fingerprint density at radius 1 is 1.53 bits per heavy atom. The lowest BCUT2D eigenvalue weighted by Crippen LogP contribution is -2.27. The first kappa shape index (κ1) is 10.6. The second kappa shape index (κ2) is 3.47. The van der Waals surface area contributed by atoms with Crippen LogP contribution >= 0.6 is 0 Å². The summed E-state index contributed by atoms with van der Waals surface area (Å²) in [5.41, 5.74) is 1.27. The maximum Gasteiger partial charge on any atom is 0.234 e. The van der Waals surface area contributed by atoms with Gasteiger partial charge in [0.15, 0.2) is 0 Å². The predicted molar refractivity (Wildman–Crippen MR) is 63.3 cm³/mol. The van der Waals surface area contributed by atoms with E-state index in [1.165, 1.54) is 0 Å². The molecule has 4 heteroatoms. The lowest BCUT2D eigenvalue weighted by Gasteiger charge is -2.18. The van der Waals surface area contributed by atoms with Crippen molar-refractivity contribution in [2.24, 2.45) is 0 Å². The van der Waals surface area contributed by atoms with E-state index in [1.54, 1.807) is 0 Å². The number of anilines is 1. The summed E-state index contributed by atoms with van der Waals surface area (Å²) in [5.74, 6) is 0.799. The zero-order valence-electron chi connectivity index (χ0n) is 9.95. The Bertz CT molecular complexity index is 478. The lowest BCUT2D eigenvalue weighted by molar-refractivity contribution is -0.119. The van der Waals surface area contributed by atoms with Crippen LogP contribution in [0.5, 0.6) is 5.75 Å². The Hall–Kier alpha value is -1.55. The van der Waals surface area contributed by atoms with Crippen molar-refractivity contribution in [1.29, 1.82) is 0 Å². The van der Waals surface area contributed by atoms with E-state index in [9.17, 15) is 4.79 Å². The van der Waals surface area contributed by atoms with Gasteiger partial charge in [-0.2, -0.15) is 0 Å². The molecule has 0 aliphatic carbocycles. The molecule has 1 atom stereocenters. The third-order valence-corrected chi connectivity index (χ3v) is 3.29. The highest BCUT2D eigenvalue weighted by Gasteiger charge is 2.41. The minimum Gasteiger partial charge on any atom is -0.490 e. The fourth-order valence-corrected chi connectivity index (χ4v) is 2.14. The van der Waals surface area contributed by atoms with Gasteiger partial charge in [-0.3, -0.25) is 4.79 Å². The van der Waals surface area contributed by atoms with Crippen LogP contribution in [0.15, 0.2) is 18.2 Å². The first-order valence-corrected chi connectivity index (χ1v) is 5.78. The molecule has 0 saturated carbocycles. The molecule has 0 bridgehead atoms. The van der Waals surface area contributed by atoms with Crippen molar-refractivity contribution in [3.63, 3.8) is 0 Å². The second-order valence-electron chi connectivity index (χ2n) is 5.02. The molecular formula is C13H15NO3. The molecule has 1 aromatic rings. The molecule has 2 aliphatic rings. The number of epoxide rings is 1. The summed E-state index contributed by atoms with van der Waals surface area (Å²) < 4.78 is 10.9. The third-order valence-electron chi connectivity index (χ3n) is 3.29. The Balaban J connectivity index is 1.94. The Morgan fingerprint density at radius 3 is 3.00 bits per heavy atom. The molecule has 2 aliphatic heterocycles. The number of amides is 1. The van der Waals surface area contributed by atoms with Gasteiger partial charge in [-0.25, -0.2) is 0 Å². The molecule has 4 nitrogen and oxygen atoms in total. The molecule has 1 unspecified atom stereocenters. The maximum absolute atomic E-state index is 11.9. The highest BCUT2D eigenvalue weighted by Crippen LogP contribution is 2.43. The molecule has 0 spiro atoms. The number of hydrogen-bond donors (Lipinski definition) is 1. The molecule has 0 radical (unpaired) electrons. The van der Waals surface area contributed by atoms with E-state index in [0.29, 0.717) is 6.61 Å². The van der Waals surface area contributed by atoms with Gasteiger partial charge in [0.05, 0.1) is 12.0 Å². The number of carbonyl (C=O) groups is 1. The van der Waals surface area contributed by atoms with E-state index >= 15 is 0 Å². The molecule has 0 aromatic heterocycles. The van der Waals surface area contributed by atoms with E-state index in [2.05, 4.69) is 5.32 Å². The fourth-order valence-electron chi connectivity index (χ4n) is 2.14. The van der Waals surface area contributed by atoms with E-state index in [0.717, 1.165) is 23.6 Å².